The first kappa shape index (κ1) is 23.0. The van der Waals surface area contributed by atoms with Gasteiger partial charge in [-0.15, -0.1) is 0 Å². The minimum absolute atomic E-state index is 0.428. The van der Waals surface area contributed by atoms with Crippen molar-refractivity contribution in [1.29, 1.82) is 0 Å². The summed E-state index contributed by atoms with van der Waals surface area (Å²) in [7, 11) is -3.49. The largest absolute Gasteiger partial charge is 0.481 e. The van der Waals surface area contributed by atoms with Gasteiger partial charge in [-0.25, -0.2) is 8.42 Å². The number of benzene rings is 2. The van der Waals surface area contributed by atoms with Crippen LogP contribution >= 0.6 is 31.9 Å². The van der Waals surface area contributed by atoms with Crippen LogP contribution in [-0.2, 0) is 30.4 Å². The molecule has 0 bridgehead atoms. The molecule has 0 saturated heterocycles. The number of nitrogens with one attached hydrogen (secondary N) is 1. The van der Waals surface area contributed by atoms with Crippen molar-refractivity contribution in [1.82, 2.24) is 4.72 Å². The summed E-state index contributed by atoms with van der Waals surface area (Å²) < 4.78 is 26.1. The second kappa shape index (κ2) is 8.43. The maximum Gasteiger partial charge on any atom is 0.314 e. The van der Waals surface area contributed by atoms with Crippen LogP contribution in [0.25, 0.3) is 0 Å². The standard InChI is InChI=1S/C11H12BrNO3S.C10H9BrO2/c1-17(15,16)13-10(14)11(6-7-11)8-2-4-9(12)5-3-8;11-8-3-1-7(2-4-8)10(5-6-10)9(12)13/h2-5H,6-7H2,1H3,(H,13,14);1-4H,5-6H2,(H,12,13). The molecule has 2 aromatic rings. The molecule has 2 aliphatic rings. The Morgan fingerprint density at radius 3 is 1.50 bits per heavy atom. The van der Waals surface area contributed by atoms with E-state index in [2.05, 4.69) is 36.6 Å². The predicted octanol–water partition coefficient (Wildman–Crippen LogP) is 4.12. The Balaban J connectivity index is 0.000000177. The number of amides is 1. The van der Waals surface area contributed by atoms with Gasteiger partial charge in [-0.1, -0.05) is 56.1 Å². The maximum atomic E-state index is 11.9. The molecular weight excluding hydrogens is 538 g/mol. The summed E-state index contributed by atoms with van der Waals surface area (Å²) in [5.41, 5.74) is 0.565. The lowest BCUT2D eigenvalue weighted by molar-refractivity contribution is -0.140. The smallest absolute Gasteiger partial charge is 0.314 e. The third-order valence-corrected chi connectivity index (χ3v) is 7.03. The SMILES string of the molecule is CS(=O)(=O)NC(=O)C1(c2ccc(Br)cc2)CC1.O=C(O)C1(c2ccc(Br)cc2)CC1. The lowest BCUT2D eigenvalue weighted by Crippen LogP contribution is -2.38. The first-order valence-corrected chi connectivity index (χ1v) is 12.7. The van der Waals surface area contributed by atoms with Crippen LogP contribution in [0, 0.1) is 0 Å². The highest BCUT2D eigenvalue weighted by Gasteiger charge is 2.52. The minimum Gasteiger partial charge on any atom is -0.481 e. The molecular formula is C21H21Br2NO5S. The molecule has 0 aromatic heterocycles. The molecule has 4 rings (SSSR count). The van der Waals surface area contributed by atoms with Crippen LogP contribution in [0.15, 0.2) is 57.5 Å². The number of carboxylic acids is 1. The highest BCUT2D eigenvalue weighted by molar-refractivity contribution is 9.10. The van der Waals surface area contributed by atoms with Gasteiger partial charge in [0.25, 0.3) is 0 Å². The number of carbonyl (C=O) groups is 2. The molecule has 0 aliphatic heterocycles. The number of carbonyl (C=O) groups excluding carboxylic acids is 1. The van der Waals surface area contributed by atoms with Gasteiger partial charge in [0.15, 0.2) is 0 Å². The van der Waals surface area contributed by atoms with Crippen LogP contribution in [0.4, 0.5) is 0 Å². The van der Waals surface area contributed by atoms with Crippen molar-refractivity contribution in [3.63, 3.8) is 0 Å². The summed E-state index contributed by atoms with van der Waals surface area (Å²) in [6.45, 7) is 0. The van der Waals surface area contributed by atoms with E-state index in [-0.39, 0.29) is 0 Å². The van der Waals surface area contributed by atoms with Crippen LogP contribution in [-0.4, -0.2) is 31.7 Å². The molecule has 0 spiro atoms. The van der Waals surface area contributed by atoms with Crippen LogP contribution in [0.1, 0.15) is 36.8 Å². The normalized spacial score (nSPS) is 17.8. The molecule has 2 aromatic carbocycles. The van der Waals surface area contributed by atoms with E-state index in [1.165, 1.54) is 0 Å². The number of carboxylic acid groups (broad SMARTS) is 1. The molecule has 6 nitrogen and oxygen atoms in total. The molecule has 160 valence electrons. The van der Waals surface area contributed by atoms with Gasteiger partial charge in [-0.3, -0.25) is 14.3 Å². The number of hydrogen-bond acceptors (Lipinski definition) is 4. The van der Waals surface area contributed by atoms with Gasteiger partial charge >= 0.3 is 5.97 Å². The predicted molar refractivity (Wildman–Crippen MR) is 121 cm³/mol. The third kappa shape index (κ3) is 5.12. The van der Waals surface area contributed by atoms with Gasteiger partial charge in [0.1, 0.15) is 0 Å². The van der Waals surface area contributed by atoms with Crippen molar-refractivity contribution in [2.45, 2.75) is 36.5 Å². The van der Waals surface area contributed by atoms with Gasteiger partial charge in [-0.05, 0) is 61.1 Å². The van der Waals surface area contributed by atoms with Crippen molar-refractivity contribution in [3.05, 3.63) is 68.6 Å². The Bertz CT molecular complexity index is 1060. The molecule has 2 saturated carbocycles. The van der Waals surface area contributed by atoms with E-state index in [1.54, 1.807) is 0 Å². The van der Waals surface area contributed by atoms with Gasteiger partial charge in [-0.2, -0.15) is 0 Å². The molecule has 30 heavy (non-hydrogen) atoms. The molecule has 2 N–H and O–H groups in total. The Kier molecular flexibility index (Phi) is 6.46. The molecule has 0 radical (unpaired) electrons. The summed E-state index contributed by atoms with van der Waals surface area (Å²) in [6, 6.07) is 14.9. The van der Waals surface area contributed by atoms with Crippen LogP contribution in [0.5, 0.6) is 0 Å². The highest BCUT2D eigenvalue weighted by Crippen LogP contribution is 2.49. The van der Waals surface area contributed by atoms with Crippen molar-refractivity contribution < 1.29 is 23.1 Å². The highest BCUT2D eigenvalue weighted by atomic mass is 79.9. The van der Waals surface area contributed by atoms with E-state index in [1.807, 2.05) is 48.5 Å². The van der Waals surface area contributed by atoms with Gasteiger partial charge < -0.3 is 5.11 Å². The number of rotatable bonds is 5. The molecule has 9 heteroatoms. The van der Waals surface area contributed by atoms with Gasteiger partial charge in [0.05, 0.1) is 17.1 Å². The fourth-order valence-corrected chi connectivity index (χ4v) is 4.39. The topological polar surface area (TPSA) is 101 Å². The first-order valence-electron chi connectivity index (χ1n) is 9.26. The molecule has 0 atom stereocenters. The number of halogens is 2. The van der Waals surface area contributed by atoms with E-state index in [9.17, 15) is 18.0 Å². The summed E-state index contributed by atoms with van der Waals surface area (Å²) in [5.74, 6) is -1.13. The molecule has 2 aliphatic carbocycles. The Morgan fingerprint density at radius 1 is 0.833 bits per heavy atom. The number of aliphatic carboxylic acids is 1. The van der Waals surface area contributed by atoms with E-state index in [4.69, 9.17) is 5.11 Å². The van der Waals surface area contributed by atoms with Crippen molar-refractivity contribution >= 4 is 53.8 Å². The zero-order chi connectivity index (χ0) is 22.2. The van der Waals surface area contributed by atoms with Gasteiger partial charge in [0, 0.05) is 8.95 Å². The molecule has 0 unspecified atom stereocenters. The van der Waals surface area contributed by atoms with Crippen molar-refractivity contribution in [2.75, 3.05) is 6.26 Å². The van der Waals surface area contributed by atoms with Crippen LogP contribution in [0.2, 0.25) is 0 Å². The van der Waals surface area contributed by atoms with Gasteiger partial charge in [0.2, 0.25) is 15.9 Å². The monoisotopic (exact) mass is 557 g/mol. The average molecular weight is 559 g/mol. The second-order valence-electron chi connectivity index (χ2n) is 7.69. The van der Waals surface area contributed by atoms with E-state index >= 15 is 0 Å². The summed E-state index contributed by atoms with van der Waals surface area (Å²) >= 11 is 6.64. The Hall–Kier alpha value is -1.71. The molecule has 1 amide bonds. The lowest BCUT2D eigenvalue weighted by Gasteiger charge is -2.14. The van der Waals surface area contributed by atoms with E-state index in [0.29, 0.717) is 12.8 Å². The minimum atomic E-state index is -3.49. The summed E-state index contributed by atoms with van der Waals surface area (Å²) in [4.78, 5) is 22.9. The van der Waals surface area contributed by atoms with Crippen LogP contribution < -0.4 is 4.72 Å². The maximum absolute atomic E-state index is 11.9. The average Bonchev–Trinajstić information content (AvgIpc) is 3.55. The van der Waals surface area contributed by atoms with Crippen LogP contribution in [0.3, 0.4) is 0 Å². The van der Waals surface area contributed by atoms with E-state index < -0.39 is 32.7 Å². The summed E-state index contributed by atoms with van der Waals surface area (Å²) in [6.07, 6.45) is 3.91. The molecule has 0 heterocycles. The van der Waals surface area contributed by atoms with Crippen molar-refractivity contribution in [3.8, 4) is 0 Å². The fraction of sp³-hybridized carbons (Fsp3) is 0.333. The zero-order valence-corrected chi connectivity index (χ0v) is 20.2. The van der Waals surface area contributed by atoms with E-state index in [0.717, 1.165) is 39.2 Å². The number of hydrogen-bond donors (Lipinski definition) is 2. The fourth-order valence-electron chi connectivity index (χ4n) is 3.33. The molecule has 2 fully saturated rings. The third-order valence-electron chi connectivity index (χ3n) is 5.42. The zero-order valence-electron chi connectivity index (χ0n) is 16.2. The lowest BCUT2D eigenvalue weighted by atomic mass is 9.96. The first-order chi connectivity index (χ1) is 14.0. The Labute approximate surface area is 192 Å². The Morgan fingerprint density at radius 2 is 1.20 bits per heavy atom. The summed E-state index contributed by atoms with van der Waals surface area (Å²) in [5, 5.41) is 9.01. The quantitative estimate of drug-likeness (QED) is 0.575. The second-order valence-corrected chi connectivity index (χ2v) is 11.3. The van der Waals surface area contributed by atoms with Crippen molar-refractivity contribution in [2.24, 2.45) is 0 Å². The number of sulfonamides is 1.